The standard InChI is InChI=1S/C16H10F5NO3/c1-25-15(24)10-3-4-11(16(19,20)21)13(18)14(10)22-12-5-2-9(17)6-8(12)7-23/h2-7,22H,1H3. The monoisotopic (exact) mass is 359 g/mol. The summed E-state index contributed by atoms with van der Waals surface area (Å²) in [5.74, 6) is -3.62. The van der Waals surface area contributed by atoms with Crippen molar-refractivity contribution >= 4 is 23.6 Å². The zero-order valence-corrected chi connectivity index (χ0v) is 12.6. The van der Waals surface area contributed by atoms with Crippen LogP contribution < -0.4 is 5.32 Å². The minimum Gasteiger partial charge on any atom is -0.465 e. The number of ether oxygens (including phenoxy) is 1. The molecule has 0 saturated carbocycles. The van der Waals surface area contributed by atoms with Crippen molar-refractivity contribution in [1.82, 2.24) is 0 Å². The summed E-state index contributed by atoms with van der Waals surface area (Å²) < 4.78 is 70.6. The molecule has 0 radical (unpaired) electrons. The zero-order chi connectivity index (χ0) is 18.8. The number of hydrogen-bond donors (Lipinski definition) is 1. The van der Waals surface area contributed by atoms with E-state index in [0.717, 1.165) is 31.4 Å². The van der Waals surface area contributed by atoms with E-state index in [1.165, 1.54) is 0 Å². The molecule has 2 aromatic rings. The van der Waals surface area contributed by atoms with Gasteiger partial charge in [-0.05, 0) is 30.3 Å². The van der Waals surface area contributed by atoms with E-state index in [1.807, 2.05) is 0 Å². The number of nitrogens with one attached hydrogen (secondary N) is 1. The number of anilines is 2. The van der Waals surface area contributed by atoms with Crippen LogP contribution in [0, 0.1) is 11.6 Å². The van der Waals surface area contributed by atoms with Gasteiger partial charge in [0.2, 0.25) is 0 Å². The smallest absolute Gasteiger partial charge is 0.419 e. The van der Waals surface area contributed by atoms with Gasteiger partial charge in [0.15, 0.2) is 12.1 Å². The van der Waals surface area contributed by atoms with Gasteiger partial charge in [0.05, 0.1) is 23.9 Å². The van der Waals surface area contributed by atoms with Gasteiger partial charge >= 0.3 is 12.1 Å². The minimum absolute atomic E-state index is 0.181. The Morgan fingerprint density at radius 3 is 2.40 bits per heavy atom. The second-order valence-corrected chi connectivity index (χ2v) is 4.81. The summed E-state index contributed by atoms with van der Waals surface area (Å²) in [5.41, 5.74) is -3.42. The van der Waals surface area contributed by atoms with Crippen molar-refractivity contribution in [2.45, 2.75) is 6.18 Å². The maximum Gasteiger partial charge on any atom is 0.419 e. The topological polar surface area (TPSA) is 55.4 Å². The average molecular weight is 359 g/mol. The Hall–Kier alpha value is -2.97. The third-order valence-corrected chi connectivity index (χ3v) is 3.25. The van der Waals surface area contributed by atoms with Gasteiger partial charge in [0.25, 0.3) is 0 Å². The summed E-state index contributed by atoms with van der Waals surface area (Å²) in [5, 5.41) is 2.24. The molecule has 0 bridgehead atoms. The molecule has 0 amide bonds. The van der Waals surface area contributed by atoms with Gasteiger partial charge in [0.1, 0.15) is 5.82 Å². The van der Waals surface area contributed by atoms with E-state index in [0.29, 0.717) is 6.07 Å². The Bertz CT molecular complexity index is 833. The number of rotatable bonds is 4. The second-order valence-electron chi connectivity index (χ2n) is 4.81. The van der Waals surface area contributed by atoms with Crippen molar-refractivity contribution in [2.75, 3.05) is 12.4 Å². The molecule has 4 nitrogen and oxygen atoms in total. The highest BCUT2D eigenvalue weighted by Gasteiger charge is 2.36. The molecule has 0 saturated heterocycles. The molecule has 2 rings (SSSR count). The molecule has 0 atom stereocenters. The molecule has 132 valence electrons. The van der Waals surface area contributed by atoms with Crippen LogP contribution in [-0.4, -0.2) is 19.4 Å². The normalized spacial score (nSPS) is 11.1. The Balaban J connectivity index is 2.65. The van der Waals surface area contributed by atoms with E-state index in [1.54, 1.807) is 0 Å². The van der Waals surface area contributed by atoms with Gasteiger partial charge in [-0.15, -0.1) is 0 Å². The third kappa shape index (κ3) is 3.76. The van der Waals surface area contributed by atoms with Crippen molar-refractivity contribution in [3.8, 4) is 0 Å². The van der Waals surface area contributed by atoms with Crippen LogP contribution in [-0.2, 0) is 10.9 Å². The molecule has 2 aromatic carbocycles. The molecule has 0 heterocycles. The number of hydrogen-bond acceptors (Lipinski definition) is 4. The molecule has 0 aromatic heterocycles. The zero-order valence-electron chi connectivity index (χ0n) is 12.6. The number of benzene rings is 2. The van der Waals surface area contributed by atoms with E-state index in [2.05, 4.69) is 10.1 Å². The van der Waals surface area contributed by atoms with E-state index >= 15 is 0 Å². The molecule has 9 heteroatoms. The van der Waals surface area contributed by atoms with Crippen molar-refractivity contribution in [2.24, 2.45) is 0 Å². The number of aldehydes is 1. The highest BCUT2D eigenvalue weighted by molar-refractivity contribution is 5.98. The summed E-state index contributed by atoms with van der Waals surface area (Å²) in [6.07, 6.45) is -4.78. The Labute approximate surface area is 138 Å². The predicted octanol–water partition coefficient (Wildman–Crippen LogP) is 4.33. The molecule has 0 aliphatic heterocycles. The molecular weight excluding hydrogens is 349 g/mol. The first-order chi connectivity index (χ1) is 11.7. The summed E-state index contributed by atoms with van der Waals surface area (Å²) in [6.45, 7) is 0. The van der Waals surface area contributed by atoms with Crippen molar-refractivity contribution in [3.63, 3.8) is 0 Å². The second kappa shape index (κ2) is 6.88. The number of methoxy groups -OCH3 is 1. The fraction of sp³-hybridized carbons (Fsp3) is 0.125. The SMILES string of the molecule is COC(=O)c1ccc(C(F)(F)F)c(F)c1Nc1ccc(F)cc1C=O. The van der Waals surface area contributed by atoms with Gasteiger partial charge in [0, 0.05) is 11.3 Å². The molecule has 25 heavy (non-hydrogen) atoms. The van der Waals surface area contributed by atoms with Gasteiger partial charge in [-0.3, -0.25) is 4.79 Å². The lowest BCUT2D eigenvalue weighted by atomic mass is 10.1. The van der Waals surface area contributed by atoms with Crippen molar-refractivity contribution in [1.29, 1.82) is 0 Å². The maximum absolute atomic E-state index is 14.4. The average Bonchev–Trinajstić information content (AvgIpc) is 2.55. The number of carbonyl (C=O) groups is 2. The Morgan fingerprint density at radius 2 is 1.84 bits per heavy atom. The fourth-order valence-electron chi connectivity index (χ4n) is 2.08. The van der Waals surface area contributed by atoms with Crippen LogP contribution in [0.5, 0.6) is 0 Å². The van der Waals surface area contributed by atoms with E-state index in [9.17, 15) is 31.5 Å². The van der Waals surface area contributed by atoms with Crippen molar-refractivity contribution < 1.29 is 36.3 Å². The number of esters is 1. The summed E-state index contributed by atoms with van der Waals surface area (Å²) in [4.78, 5) is 22.7. The van der Waals surface area contributed by atoms with Crippen LogP contribution in [0.15, 0.2) is 30.3 Å². The molecule has 0 spiro atoms. The molecule has 0 aliphatic rings. The lowest BCUT2D eigenvalue weighted by Crippen LogP contribution is -2.14. The molecule has 1 N–H and O–H groups in total. The first-order valence-electron chi connectivity index (χ1n) is 6.68. The third-order valence-electron chi connectivity index (χ3n) is 3.25. The molecule has 0 unspecified atom stereocenters. The molecule has 0 aliphatic carbocycles. The van der Waals surface area contributed by atoms with Gasteiger partial charge < -0.3 is 10.1 Å². The van der Waals surface area contributed by atoms with E-state index < -0.39 is 40.6 Å². The van der Waals surface area contributed by atoms with Crippen LogP contribution in [0.25, 0.3) is 0 Å². The molecular formula is C16H10F5NO3. The Kier molecular flexibility index (Phi) is 5.05. The number of alkyl halides is 3. The molecule has 0 fully saturated rings. The lowest BCUT2D eigenvalue weighted by Gasteiger charge is -2.17. The Morgan fingerprint density at radius 1 is 1.16 bits per heavy atom. The summed E-state index contributed by atoms with van der Waals surface area (Å²) in [6, 6.07) is 3.89. The van der Waals surface area contributed by atoms with Crippen LogP contribution in [0.4, 0.5) is 33.3 Å². The van der Waals surface area contributed by atoms with Crippen LogP contribution in [0.3, 0.4) is 0 Å². The van der Waals surface area contributed by atoms with Crippen molar-refractivity contribution in [3.05, 3.63) is 58.7 Å². The first-order valence-corrected chi connectivity index (χ1v) is 6.68. The highest BCUT2D eigenvalue weighted by Crippen LogP contribution is 2.37. The minimum atomic E-state index is -5.01. The van der Waals surface area contributed by atoms with Crippen LogP contribution in [0.1, 0.15) is 26.3 Å². The maximum atomic E-state index is 14.4. The first kappa shape index (κ1) is 18.4. The number of carbonyl (C=O) groups excluding carboxylic acids is 2. The summed E-state index contributed by atoms with van der Waals surface area (Å²) >= 11 is 0. The largest absolute Gasteiger partial charge is 0.465 e. The fourth-order valence-corrected chi connectivity index (χ4v) is 2.08. The quantitative estimate of drug-likeness (QED) is 0.502. The van der Waals surface area contributed by atoms with E-state index in [4.69, 9.17) is 0 Å². The van der Waals surface area contributed by atoms with Gasteiger partial charge in [-0.1, -0.05) is 0 Å². The summed E-state index contributed by atoms with van der Waals surface area (Å²) in [7, 11) is 0.969. The van der Waals surface area contributed by atoms with Gasteiger partial charge in [-0.25, -0.2) is 13.6 Å². The van der Waals surface area contributed by atoms with E-state index in [-0.39, 0.29) is 17.5 Å². The van der Waals surface area contributed by atoms with Gasteiger partial charge in [-0.2, -0.15) is 13.2 Å². The predicted molar refractivity (Wildman–Crippen MR) is 77.8 cm³/mol. The highest BCUT2D eigenvalue weighted by atomic mass is 19.4. The van der Waals surface area contributed by atoms with Crippen LogP contribution >= 0.6 is 0 Å². The van der Waals surface area contributed by atoms with Crippen LogP contribution in [0.2, 0.25) is 0 Å². The lowest BCUT2D eigenvalue weighted by molar-refractivity contribution is -0.139. The number of halogens is 5.